The topological polar surface area (TPSA) is 62.3 Å². The lowest BCUT2D eigenvalue weighted by atomic mass is 10.2. The Hall–Kier alpha value is -3.61. The summed E-state index contributed by atoms with van der Waals surface area (Å²) in [5, 5.41) is 0. The average molecular weight is 391 g/mol. The number of hydrogen-bond acceptors (Lipinski definition) is 5. The number of hydrogen-bond donors (Lipinski definition) is 0. The van der Waals surface area contributed by atoms with E-state index in [9.17, 15) is 9.18 Å². The molecule has 0 unspecified atom stereocenters. The van der Waals surface area contributed by atoms with Crippen molar-refractivity contribution >= 4 is 29.8 Å². The molecular weight excluding hydrogens is 369 g/mol. The van der Waals surface area contributed by atoms with Gasteiger partial charge < -0.3 is 4.90 Å². The first-order valence-electron chi connectivity index (χ1n) is 9.18. The van der Waals surface area contributed by atoms with Crippen LogP contribution in [-0.2, 0) is 6.54 Å². The predicted octanol–water partition coefficient (Wildman–Crippen LogP) is 3.60. The highest BCUT2D eigenvalue weighted by molar-refractivity contribution is 6.09. The molecule has 0 radical (unpaired) electrons. The van der Waals surface area contributed by atoms with E-state index in [0.717, 1.165) is 5.69 Å². The molecule has 3 aromatic rings. The second kappa shape index (κ2) is 9.05. The molecule has 0 amide bonds. The number of aliphatic imine (C=N–C) groups is 2. The lowest BCUT2D eigenvalue weighted by Gasteiger charge is -2.23. The SMILES string of the molecule is C=N/C=C(\C=N/C)c1cccc2nc(CN(CC)c3ccc(F)cc3)cc(=O)n12. The molecule has 0 saturated heterocycles. The van der Waals surface area contributed by atoms with Gasteiger partial charge in [0.1, 0.15) is 11.5 Å². The minimum absolute atomic E-state index is 0.199. The Morgan fingerprint density at radius 1 is 1.28 bits per heavy atom. The highest BCUT2D eigenvalue weighted by atomic mass is 19.1. The first-order chi connectivity index (χ1) is 14.1. The molecule has 0 aliphatic carbocycles. The van der Waals surface area contributed by atoms with Crippen molar-refractivity contribution in [2.75, 3.05) is 18.5 Å². The number of allylic oxidation sites excluding steroid dienone is 1. The van der Waals surface area contributed by atoms with E-state index < -0.39 is 0 Å². The third kappa shape index (κ3) is 4.45. The standard InChI is InChI=1S/C22H22FN5O/c1-4-27(19-10-8-17(23)9-11-19)15-18-12-22(29)28-20(6-5-7-21(28)26-18)16(13-24-2)14-25-3/h5-14H,2,4,15H2,1,3H3/b16-13+,25-14-. The zero-order chi connectivity index (χ0) is 20.8. The van der Waals surface area contributed by atoms with Gasteiger partial charge in [-0.3, -0.25) is 19.2 Å². The number of rotatable bonds is 7. The van der Waals surface area contributed by atoms with Gasteiger partial charge in [-0.1, -0.05) is 6.07 Å². The van der Waals surface area contributed by atoms with E-state index in [1.54, 1.807) is 37.7 Å². The Bertz CT molecular complexity index is 1130. The van der Waals surface area contributed by atoms with Crippen molar-refractivity contribution in [3.63, 3.8) is 0 Å². The summed E-state index contributed by atoms with van der Waals surface area (Å²) in [4.78, 5) is 27.4. The van der Waals surface area contributed by atoms with Crippen LogP contribution in [0.25, 0.3) is 11.2 Å². The molecule has 2 aromatic heterocycles. The van der Waals surface area contributed by atoms with Gasteiger partial charge in [0.2, 0.25) is 0 Å². The highest BCUT2D eigenvalue weighted by Gasteiger charge is 2.12. The Labute approximate surface area is 168 Å². The van der Waals surface area contributed by atoms with Crippen LogP contribution in [0.4, 0.5) is 10.1 Å². The Balaban J connectivity index is 2.04. The molecule has 0 atom stereocenters. The van der Waals surface area contributed by atoms with Crippen molar-refractivity contribution < 1.29 is 4.39 Å². The monoisotopic (exact) mass is 391 g/mol. The van der Waals surface area contributed by atoms with Crippen LogP contribution in [0.1, 0.15) is 18.3 Å². The fourth-order valence-corrected chi connectivity index (χ4v) is 3.15. The van der Waals surface area contributed by atoms with Crippen LogP contribution in [0.2, 0.25) is 0 Å². The fraction of sp³-hybridized carbons (Fsp3) is 0.182. The smallest absolute Gasteiger partial charge is 0.258 e. The van der Waals surface area contributed by atoms with Gasteiger partial charge in [0.15, 0.2) is 0 Å². The van der Waals surface area contributed by atoms with E-state index >= 15 is 0 Å². The van der Waals surface area contributed by atoms with Gasteiger partial charge in [-0.05, 0) is 50.0 Å². The Morgan fingerprint density at radius 3 is 2.69 bits per heavy atom. The van der Waals surface area contributed by atoms with E-state index in [1.807, 2.05) is 24.0 Å². The minimum atomic E-state index is -0.284. The predicted molar refractivity (Wildman–Crippen MR) is 117 cm³/mol. The molecule has 0 aliphatic heterocycles. The number of nitrogens with zero attached hydrogens (tertiary/aromatic N) is 5. The molecule has 0 N–H and O–H groups in total. The number of pyridine rings is 1. The molecule has 7 heteroatoms. The molecule has 2 heterocycles. The number of benzene rings is 1. The van der Waals surface area contributed by atoms with Crippen LogP contribution in [-0.4, -0.2) is 35.9 Å². The summed E-state index contributed by atoms with van der Waals surface area (Å²) in [5.41, 5.74) is 3.12. The summed E-state index contributed by atoms with van der Waals surface area (Å²) in [6, 6.07) is 13.2. The van der Waals surface area contributed by atoms with Crippen molar-refractivity contribution in [3.05, 3.63) is 82.3 Å². The molecule has 0 spiro atoms. The second-order valence-corrected chi connectivity index (χ2v) is 6.34. The molecular formula is C22H22FN5O. The quantitative estimate of drug-likeness (QED) is 0.578. The number of halogens is 1. The van der Waals surface area contributed by atoms with Crippen molar-refractivity contribution in [2.45, 2.75) is 13.5 Å². The Kier molecular flexibility index (Phi) is 6.29. The largest absolute Gasteiger partial charge is 0.366 e. The van der Waals surface area contributed by atoms with Gasteiger partial charge in [0.05, 0.1) is 17.9 Å². The summed E-state index contributed by atoms with van der Waals surface area (Å²) >= 11 is 0. The van der Waals surface area contributed by atoms with Crippen LogP contribution in [0.15, 0.2) is 69.5 Å². The van der Waals surface area contributed by atoms with E-state index in [-0.39, 0.29) is 11.4 Å². The number of aromatic nitrogens is 2. The van der Waals surface area contributed by atoms with Crippen LogP contribution >= 0.6 is 0 Å². The van der Waals surface area contributed by atoms with E-state index in [4.69, 9.17) is 0 Å². The summed E-state index contributed by atoms with van der Waals surface area (Å²) in [7, 11) is 1.65. The van der Waals surface area contributed by atoms with Gasteiger partial charge in [-0.15, -0.1) is 0 Å². The number of fused-ring (bicyclic) bond motifs is 1. The lowest BCUT2D eigenvalue weighted by molar-refractivity contribution is 0.627. The molecule has 29 heavy (non-hydrogen) atoms. The van der Waals surface area contributed by atoms with Crippen molar-refractivity contribution in [2.24, 2.45) is 9.98 Å². The zero-order valence-corrected chi connectivity index (χ0v) is 16.4. The van der Waals surface area contributed by atoms with E-state index in [1.165, 1.54) is 22.6 Å². The maximum atomic E-state index is 13.2. The van der Waals surface area contributed by atoms with E-state index in [2.05, 4.69) is 21.7 Å². The molecule has 148 valence electrons. The maximum absolute atomic E-state index is 13.2. The summed E-state index contributed by atoms with van der Waals surface area (Å²) in [6.45, 7) is 6.61. The van der Waals surface area contributed by atoms with Crippen LogP contribution < -0.4 is 10.5 Å². The van der Waals surface area contributed by atoms with E-state index in [0.29, 0.717) is 35.7 Å². The minimum Gasteiger partial charge on any atom is -0.366 e. The first kappa shape index (κ1) is 20.1. The zero-order valence-electron chi connectivity index (χ0n) is 16.4. The fourth-order valence-electron chi connectivity index (χ4n) is 3.15. The third-order valence-corrected chi connectivity index (χ3v) is 4.46. The second-order valence-electron chi connectivity index (χ2n) is 6.34. The van der Waals surface area contributed by atoms with Gasteiger partial charge in [0, 0.05) is 43.3 Å². The van der Waals surface area contributed by atoms with Crippen LogP contribution in [0, 0.1) is 5.82 Å². The first-order valence-corrected chi connectivity index (χ1v) is 9.18. The maximum Gasteiger partial charge on any atom is 0.258 e. The third-order valence-electron chi connectivity index (χ3n) is 4.46. The molecule has 0 saturated carbocycles. The average Bonchev–Trinajstić information content (AvgIpc) is 2.72. The summed E-state index contributed by atoms with van der Waals surface area (Å²) < 4.78 is 14.7. The summed E-state index contributed by atoms with van der Waals surface area (Å²) in [6.07, 6.45) is 3.17. The van der Waals surface area contributed by atoms with Crippen molar-refractivity contribution in [1.82, 2.24) is 9.38 Å². The molecule has 1 aromatic carbocycles. The van der Waals surface area contributed by atoms with Gasteiger partial charge >= 0.3 is 0 Å². The molecule has 0 aliphatic rings. The Morgan fingerprint density at radius 2 is 2.03 bits per heavy atom. The van der Waals surface area contributed by atoms with Gasteiger partial charge in [0.25, 0.3) is 5.56 Å². The normalized spacial score (nSPS) is 11.9. The summed E-state index contributed by atoms with van der Waals surface area (Å²) in [5.74, 6) is -0.284. The molecule has 0 bridgehead atoms. The van der Waals surface area contributed by atoms with Crippen LogP contribution in [0.5, 0.6) is 0 Å². The molecule has 3 rings (SSSR count). The lowest BCUT2D eigenvalue weighted by Crippen LogP contribution is -2.25. The highest BCUT2D eigenvalue weighted by Crippen LogP contribution is 2.18. The molecule has 6 nitrogen and oxygen atoms in total. The van der Waals surface area contributed by atoms with Crippen molar-refractivity contribution in [1.29, 1.82) is 0 Å². The molecule has 0 fully saturated rings. The van der Waals surface area contributed by atoms with Crippen molar-refractivity contribution in [3.8, 4) is 0 Å². The van der Waals surface area contributed by atoms with Gasteiger partial charge in [-0.25, -0.2) is 9.37 Å². The number of anilines is 1. The van der Waals surface area contributed by atoms with Crippen LogP contribution in [0.3, 0.4) is 0 Å². The van der Waals surface area contributed by atoms with Gasteiger partial charge in [-0.2, -0.15) is 0 Å².